The number of pyridine rings is 1. The fourth-order valence-corrected chi connectivity index (χ4v) is 2.03. The van der Waals surface area contributed by atoms with E-state index in [2.05, 4.69) is 21.2 Å². The van der Waals surface area contributed by atoms with Gasteiger partial charge < -0.3 is 5.11 Å². The third-order valence-electron chi connectivity index (χ3n) is 2.99. The lowest BCUT2D eigenvalue weighted by atomic mass is 10.0. The Balaban J connectivity index is 2.03. The quantitative estimate of drug-likeness (QED) is 0.752. The molecule has 0 atom stereocenters. The molecule has 0 saturated carbocycles. The first-order valence-electron chi connectivity index (χ1n) is 6.03. The summed E-state index contributed by atoms with van der Waals surface area (Å²) in [6.45, 7) is -0.0475. The average Bonchev–Trinajstić information content (AvgIpc) is 3.02. The van der Waals surface area contributed by atoms with Gasteiger partial charge in [-0.05, 0) is 35.4 Å². The van der Waals surface area contributed by atoms with Crippen molar-refractivity contribution in [3.63, 3.8) is 0 Å². The molecule has 19 heavy (non-hydrogen) atoms. The molecule has 0 aliphatic rings. The number of aliphatic hydroxyl groups is 1. The van der Waals surface area contributed by atoms with E-state index in [9.17, 15) is 0 Å². The molecular formula is C15H13N3O. The molecule has 3 aromatic rings. The minimum atomic E-state index is -0.0475. The van der Waals surface area contributed by atoms with Crippen molar-refractivity contribution in [1.82, 2.24) is 15.2 Å². The molecule has 0 aliphatic heterocycles. The van der Waals surface area contributed by atoms with Crippen LogP contribution >= 0.6 is 0 Å². The van der Waals surface area contributed by atoms with Crippen LogP contribution in [0, 0.1) is 0 Å². The lowest BCUT2D eigenvalue weighted by Gasteiger charge is -2.05. The maximum absolute atomic E-state index is 9.14. The van der Waals surface area contributed by atoms with Crippen LogP contribution in [-0.4, -0.2) is 20.3 Å². The Morgan fingerprint density at radius 2 is 1.79 bits per heavy atom. The summed E-state index contributed by atoms with van der Waals surface area (Å²) in [6, 6.07) is 13.9. The van der Waals surface area contributed by atoms with Gasteiger partial charge in [0.25, 0.3) is 0 Å². The zero-order chi connectivity index (χ0) is 13.1. The number of H-pyrrole nitrogens is 1. The number of hydrogen-bond acceptors (Lipinski definition) is 3. The van der Waals surface area contributed by atoms with Crippen LogP contribution in [0.15, 0.2) is 54.9 Å². The van der Waals surface area contributed by atoms with Gasteiger partial charge in [0.05, 0.1) is 18.0 Å². The van der Waals surface area contributed by atoms with Gasteiger partial charge in [0, 0.05) is 18.0 Å². The van der Waals surface area contributed by atoms with E-state index in [1.54, 1.807) is 12.4 Å². The number of aromatic nitrogens is 3. The first-order chi connectivity index (χ1) is 9.36. The summed E-state index contributed by atoms with van der Waals surface area (Å²) in [5, 5.41) is 16.1. The number of nitrogens with one attached hydrogen (secondary N) is 1. The van der Waals surface area contributed by atoms with Crippen LogP contribution in [0.5, 0.6) is 0 Å². The first kappa shape index (κ1) is 11.6. The van der Waals surface area contributed by atoms with E-state index < -0.39 is 0 Å². The smallest absolute Gasteiger partial charge is 0.0853 e. The van der Waals surface area contributed by atoms with Crippen LogP contribution < -0.4 is 0 Å². The molecule has 0 aliphatic carbocycles. The first-order valence-corrected chi connectivity index (χ1v) is 6.03. The molecule has 94 valence electrons. The van der Waals surface area contributed by atoms with E-state index >= 15 is 0 Å². The van der Waals surface area contributed by atoms with Crippen molar-refractivity contribution in [2.45, 2.75) is 6.61 Å². The van der Waals surface area contributed by atoms with E-state index in [-0.39, 0.29) is 6.61 Å². The molecule has 0 bridgehead atoms. The minimum absolute atomic E-state index is 0.0475. The minimum Gasteiger partial charge on any atom is -0.390 e. The average molecular weight is 251 g/mol. The standard InChI is InChI=1S/C15H13N3O/c19-10-14-9-12(4-6-16-14)11-2-1-3-13(8-11)15-5-7-17-18-15/h1-9,19H,10H2,(H,17,18). The Hall–Kier alpha value is -2.46. The zero-order valence-electron chi connectivity index (χ0n) is 10.2. The van der Waals surface area contributed by atoms with Crippen molar-refractivity contribution >= 4 is 0 Å². The molecule has 0 radical (unpaired) electrons. The molecule has 1 aromatic carbocycles. The lowest BCUT2D eigenvalue weighted by Crippen LogP contribution is -1.89. The van der Waals surface area contributed by atoms with Gasteiger partial charge in [-0.25, -0.2) is 0 Å². The van der Waals surface area contributed by atoms with Gasteiger partial charge in [0.15, 0.2) is 0 Å². The van der Waals surface area contributed by atoms with Crippen LogP contribution in [0.3, 0.4) is 0 Å². The third-order valence-corrected chi connectivity index (χ3v) is 2.99. The normalized spacial score (nSPS) is 10.6. The fraction of sp³-hybridized carbons (Fsp3) is 0.0667. The van der Waals surface area contributed by atoms with E-state index in [1.165, 1.54) is 0 Å². The Bertz CT molecular complexity index is 677. The van der Waals surface area contributed by atoms with Crippen LogP contribution in [0.25, 0.3) is 22.4 Å². The number of rotatable bonds is 3. The second-order valence-corrected chi connectivity index (χ2v) is 4.25. The lowest BCUT2D eigenvalue weighted by molar-refractivity contribution is 0.277. The van der Waals surface area contributed by atoms with Gasteiger partial charge in [0.1, 0.15) is 0 Å². The molecule has 2 heterocycles. The van der Waals surface area contributed by atoms with Crippen molar-refractivity contribution in [2.24, 2.45) is 0 Å². The molecular weight excluding hydrogens is 238 g/mol. The summed E-state index contributed by atoms with van der Waals surface area (Å²) in [6.07, 6.45) is 3.45. The van der Waals surface area contributed by atoms with Gasteiger partial charge in [-0.15, -0.1) is 0 Å². The van der Waals surface area contributed by atoms with Crippen molar-refractivity contribution < 1.29 is 5.11 Å². The second-order valence-electron chi connectivity index (χ2n) is 4.25. The van der Waals surface area contributed by atoms with Crippen LogP contribution in [0.1, 0.15) is 5.69 Å². The molecule has 0 spiro atoms. The molecule has 2 aromatic heterocycles. The Morgan fingerprint density at radius 1 is 0.947 bits per heavy atom. The van der Waals surface area contributed by atoms with E-state index in [0.29, 0.717) is 5.69 Å². The van der Waals surface area contributed by atoms with Gasteiger partial charge >= 0.3 is 0 Å². The summed E-state index contributed by atoms with van der Waals surface area (Å²) in [5.41, 5.74) is 4.87. The number of benzene rings is 1. The SMILES string of the molecule is OCc1cc(-c2cccc(-c3ccn[nH]3)c2)ccn1. The van der Waals surface area contributed by atoms with Crippen molar-refractivity contribution in [1.29, 1.82) is 0 Å². The molecule has 2 N–H and O–H groups in total. The highest BCUT2D eigenvalue weighted by atomic mass is 16.3. The molecule has 3 rings (SSSR count). The summed E-state index contributed by atoms with van der Waals surface area (Å²) in [5.74, 6) is 0. The highest BCUT2D eigenvalue weighted by Crippen LogP contribution is 2.25. The van der Waals surface area contributed by atoms with Crippen LogP contribution in [0.4, 0.5) is 0 Å². The van der Waals surface area contributed by atoms with Gasteiger partial charge in [-0.3, -0.25) is 10.1 Å². The summed E-state index contributed by atoms with van der Waals surface area (Å²) < 4.78 is 0. The molecule has 4 heteroatoms. The number of nitrogens with zero attached hydrogens (tertiary/aromatic N) is 2. The van der Waals surface area contributed by atoms with E-state index in [0.717, 1.165) is 22.4 Å². The van der Waals surface area contributed by atoms with Gasteiger partial charge in [-0.2, -0.15) is 5.10 Å². The third kappa shape index (κ3) is 2.39. The fourth-order valence-electron chi connectivity index (χ4n) is 2.03. The predicted molar refractivity (Wildman–Crippen MR) is 73.2 cm³/mol. The predicted octanol–water partition coefficient (Wildman–Crippen LogP) is 2.63. The molecule has 4 nitrogen and oxygen atoms in total. The van der Waals surface area contributed by atoms with Crippen molar-refractivity contribution in [3.8, 4) is 22.4 Å². The van der Waals surface area contributed by atoms with E-state index in [1.807, 2.05) is 36.4 Å². The Labute approximate surface area is 110 Å². The number of aromatic amines is 1. The van der Waals surface area contributed by atoms with Crippen molar-refractivity contribution in [2.75, 3.05) is 0 Å². The maximum atomic E-state index is 9.14. The summed E-state index contributed by atoms with van der Waals surface area (Å²) in [7, 11) is 0. The largest absolute Gasteiger partial charge is 0.390 e. The number of aliphatic hydroxyl groups excluding tert-OH is 1. The Kier molecular flexibility index (Phi) is 3.08. The molecule has 0 unspecified atom stereocenters. The van der Waals surface area contributed by atoms with Gasteiger partial charge in [0.2, 0.25) is 0 Å². The maximum Gasteiger partial charge on any atom is 0.0853 e. The monoisotopic (exact) mass is 251 g/mol. The van der Waals surface area contributed by atoms with Crippen LogP contribution in [0.2, 0.25) is 0 Å². The van der Waals surface area contributed by atoms with Crippen LogP contribution in [-0.2, 0) is 6.61 Å². The summed E-state index contributed by atoms with van der Waals surface area (Å²) >= 11 is 0. The molecule has 0 saturated heterocycles. The molecule has 0 amide bonds. The second kappa shape index (κ2) is 5.04. The highest BCUT2D eigenvalue weighted by Gasteiger charge is 2.03. The number of hydrogen-bond donors (Lipinski definition) is 2. The van der Waals surface area contributed by atoms with E-state index in [4.69, 9.17) is 5.11 Å². The molecule has 0 fully saturated rings. The highest BCUT2D eigenvalue weighted by molar-refractivity contribution is 5.71. The summed E-state index contributed by atoms with van der Waals surface area (Å²) in [4.78, 5) is 4.09. The van der Waals surface area contributed by atoms with Crippen molar-refractivity contribution in [3.05, 3.63) is 60.6 Å². The zero-order valence-corrected chi connectivity index (χ0v) is 10.2. The Morgan fingerprint density at radius 3 is 2.58 bits per heavy atom. The topological polar surface area (TPSA) is 61.8 Å². The van der Waals surface area contributed by atoms with Gasteiger partial charge in [-0.1, -0.05) is 18.2 Å².